The lowest BCUT2D eigenvalue weighted by atomic mass is 10.2. The zero-order valence-electron chi connectivity index (χ0n) is 13.5. The normalized spacial score (nSPS) is 13.6. The van der Waals surface area contributed by atoms with Crippen molar-refractivity contribution < 1.29 is 32.7 Å². The Bertz CT molecular complexity index is 390. The fourth-order valence-corrected chi connectivity index (χ4v) is 3.35. The van der Waals surface area contributed by atoms with Gasteiger partial charge in [-0.25, -0.2) is 0 Å². The van der Waals surface area contributed by atoms with E-state index < -0.39 is 37.2 Å². The molecule has 0 aromatic heterocycles. The number of hydrogen-bond donors (Lipinski definition) is 0. The Balaban J connectivity index is 5.41. The quantitative estimate of drug-likeness (QED) is 0.500. The van der Waals surface area contributed by atoms with Crippen molar-refractivity contribution in [3.63, 3.8) is 0 Å². The molecular weight excluding hydrogens is 299 g/mol. The van der Waals surface area contributed by atoms with Crippen molar-refractivity contribution in [3.8, 4) is 0 Å². The molecule has 0 saturated carbocycles. The molecule has 0 fully saturated rings. The highest BCUT2D eigenvalue weighted by Crippen LogP contribution is 2.54. The van der Waals surface area contributed by atoms with Gasteiger partial charge < -0.3 is 18.5 Å². The maximum atomic E-state index is 12.7. The van der Waals surface area contributed by atoms with Crippen LogP contribution in [0.5, 0.6) is 0 Å². The van der Waals surface area contributed by atoms with E-state index in [1.54, 1.807) is 34.6 Å². The van der Waals surface area contributed by atoms with Crippen LogP contribution in [0.3, 0.4) is 0 Å². The van der Waals surface area contributed by atoms with Gasteiger partial charge in [-0.15, -0.1) is 0 Å². The topological polar surface area (TPSA) is 88.1 Å². The average molecular weight is 324 g/mol. The van der Waals surface area contributed by atoms with Gasteiger partial charge in [0.2, 0.25) is 0 Å². The molecule has 0 aliphatic heterocycles. The molecule has 0 aromatic rings. The maximum absolute atomic E-state index is 12.7. The third kappa shape index (κ3) is 7.07. The van der Waals surface area contributed by atoms with Crippen LogP contribution in [0.2, 0.25) is 0 Å². The number of esters is 2. The maximum Gasteiger partial charge on any atom is 0.345 e. The summed E-state index contributed by atoms with van der Waals surface area (Å²) in [5.41, 5.74) is -2.13. The molecule has 0 amide bonds. The van der Waals surface area contributed by atoms with Gasteiger partial charge in [0.25, 0.3) is 0 Å². The molecule has 0 bridgehead atoms. The summed E-state index contributed by atoms with van der Waals surface area (Å²) in [6.45, 7) is 8.42. The molecule has 0 aliphatic carbocycles. The molecule has 0 aliphatic rings. The fourth-order valence-electron chi connectivity index (χ4n) is 1.51. The zero-order valence-corrected chi connectivity index (χ0v) is 14.4. The highest BCUT2D eigenvalue weighted by atomic mass is 31.2. The van der Waals surface area contributed by atoms with E-state index >= 15 is 0 Å². The third-order valence-corrected chi connectivity index (χ3v) is 4.66. The van der Waals surface area contributed by atoms with Crippen LogP contribution < -0.4 is 0 Å². The van der Waals surface area contributed by atoms with Crippen molar-refractivity contribution in [1.29, 1.82) is 0 Å². The second-order valence-corrected chi connectivity index (χ2v) is 7.42. The third-order valence-electron chi connectivity index (χ3n) is 2.27. The Kier molecular flexibility index (Phi) is 8.14. The van der Waals surface area contributed by atoms with Crippen LogP contribution in [0.25, 0.3) is 0 Å². The van der Waals surface area contributed by atoms with Crippen molar-refractivity contribution in [2.75, 3.05) is 20.3 Å². The number of carbonyl (C=O) groups excluding carboxylic acids is 2. The van der Waals surface area contributed by atoms with Crippen LogP contribution in [0.15, 0.2) is 0 Å². The Labute approximate surface area is 125 Å². The van der Waals surface area contributed by atoms with Gasteiger partial charge in [-0.3, -0.25) is 14.2 Å². The van der Waals surface area contributed by atoms with E-state index in [-0.39, 0.29) is 13.2 Å². The number of ether oxygens (including phenoxy) is 2. The molecule has 1 unspecified atom stereocenters. The molecule has 0 rings (SSSR count). The highest BCUT2D eigenvalue weighted by Gasteiger charge is 2.45. The van der Waals surface area contributed by atoms with Crippen LogP contribution in [0.1, 0.15) is 41.0 Å². The van der Waals surface area contributed by atoms with Gasteiger partial charge in [0, 0.05) is 0 Å². The minimum absolute atomic E-state index is 0.0811. The van der Waals surface area contributed by atoms with Gasteiger partial charge in [0.15, 0.2) is 5.66 Å². The van der Waals surface area contributed by atoms with E-state index in [1.807, 2.05) is 0 Å². The van der Waals surface area contributed by atoms with Crippen molar-refractivity contribution in [2.45, 2.75) is 52.3 Å². The van der Waals surface area contributed by atoms with Gasteiger partial charge in [0.1, 0.15) is 5.60 Å². The Morgan fingerprint density at radius 1 is 1.10 bits per heavy atom. The van der Waals surface area contributed by atoms with Crippen LogP contribution in [-0.4, -0.2) is 43.5 Å². The van der Waals surface area contributed by atoms with E-state index in [0.717, 1.165) is 0 Å². The first-order valence-electron chi connectivity index (χ1n) is 6.78. The van der Waals surface area contributed by atoms with Crippen molar-refractivity contribution in [2.24, 2.45) is 0 Å². The summed E-state index contributed by atoms with van der Waals surface area (Å²) in [4.78, 5) is 23.7. The van der Waals surface area contributed by atoms with Gasteiger partial charge in [-0.2, -0.15) is 0 Å². The number of carbonyl (C=O) groups is 2. The summed E-state index contributed by atoms with van der Waals surface area (Å²) >= 11 is 0. The summed E-state index contributed by atoms with van der Waals surface area (Å²) in [5.74, 6) is -1.50. The van der Waals surface area contributed by atoms with Crippen LogP contribution in [0, 0.1) is 0 Å². The Hall–Kier alpha value is -0.910. The monoisotopic (exact) mass is 324 g/mol. The largest absolute Gasteiger partial charge is 0.469 e. The van der Waals surface area contributed by atoms with E-state index in [1.165, 1.54) is 7.11 Å². The molecule has 0 heterocycles. The summed E-state index contributed by atoms with van der Waals surface area (Å²) in [6.07, 6.45) is -0.428. The fraction of sp³-hybridized carbons (Fsp3) is 0.846. The summed E-state index contributed by atoms with van der Waals surface area (Å²) in [5, 5.41) is 0. The smallest absolute Gasteiger partial charge is 0.345 e. The molecule has 0 spiro atoms. The lowest BCUT2D eigenvalue weighted by molar-refractivity contribution is -0.157. The molecule has 0 radical (unpaired) electrons. The predicted octanol–water partition coefficient (Wildman–Crippen LogP) is 2.53. The second-order valence-electron chi connectivity index (χ2n) is 5.20. The molecule has 1 atom stereocenters. The highest BCUT2D eigenvalue weighted by molar-refractivity contribution is 7.55. The number of rotatable bonds is 8. The van der Waals surface area contributed by atoms with Gasteiger partial charge in [-0.1, -0.05) is 0 Å². The first-order chi connectivity index (χ1) is 9.59. The Morgan fingerprint density at radius 3 is 1.90 bits per heavy atom. The molecule has 8 heteroatoms. The summed E-state index contributed by atoms with van der Waals surface area (Å²) < 4.78 is 32.8. The lowest BCUT2D eigenvalue weighted by Gasteiger charge is -2.27. The van der Waals surface area contributed by atoms with Crippen LogP contribution >= 0.6 is 7.60 Å². The molecule has 124 valence electrons. The second kappa shape index (κ2) is 8.51. The molecule has 21 heavy (non-hydrogen) atoms. The molecular formula is C13H25O7P. The zero-order chi connectivity index (χ0) is 16.7. The van der Waals surface area contributed by atoms with Crippen LogP contribution in [-0.2, 0) is 32.7 Å². The molecule has 0 aromatic carbocycles. The van der Waals surface area contributed by atoms with E-state index in [4.69, 9.17) is 13.8 Å². The minimum atomic E-state index is -3.81. The SMILES string of the molecule is CCOP(=O)(OCC)C(CC(=O)OC)C(=O)OC(C)(C)C. The van der Waals surface area contributed by atoms with Crippen molar-refractivity contribution in [3.05, 3.63) is 0 Å². The summed E-state index contributed by atoms with van der Waals surface area (Å²) in [6, 6.07) is 0. The number of methoxy groups -OCH3 is 1. The number of hydrogen-bond acceptors (Lipinski definition) is 7. The van der Waals surface area contributed by atoms with Gasteiger partial charge in [0.05, 0.1) is 26.7 Å². The summed E-state index contributed by atoms with van der Waals surface area (Å²) in [7, 11) is -2.63. The van der Waals surface area contributed by atoms with Gasteiger partial charge >= 0.3 is 19.5 Å². The van der Waals surface area contributed by atoms with Crippen molar-refractivity contribution >= 4 is 19.5 Å². The van der Waals surface area contributed by atoms with E-state index in [0.29, 0.717) is 0 Å². The average Bonchev–Trinajstić information content (AvgIpc) is 2.33. The van der Waals surface area contributed by atoms with Crippen molar-refractivity contribution in [1.82, 2.24) is 0 Å². The Morgan fingerprint density at radius 2 is 1.57 bits per heavy atom. The van der Waals surface area contributed by atoms with Crippen LogP contribution in [0.4, 0.5) is 0 Å². The minimum Gasteiger partial charge on any atom is -0.469 e. The molecule has 7 nitrogen and oxygen atoms in total. The lowest BCUT2D eigenvalue weighted by Crippen LogP contribution is -2.34. The first-order valence-corrected chi connectivity index (χ1v) is 8.39. The van der Waals surface area contributed by atoms with Gasteiger partial charge in [-0.05, 0) is 34.6 Å². The first kappa shape index (κ1) is 20.1. The van der Waals surface area contributed by atoms with E-state index in [2.05, 4.69) is 4.74 Å². The van der Waals surface area contributed by atoms with E-state index in [9.17, 15) is 14.2 Å². The predicted molar refractivity (Wildman–Crippen MR) is 77.1 cm³/mol. The standard InChI is InChI=1S/C13H25O7P/c1-7-18-21(16,19-8-2)10(9-11(14)17-6)12(15)20-13(3,4)5/h10H,7-9H2,1-6H3. The molecule has 0 saturated heterocycles. The molecule has 0 N–H and O–H groups in total.